The number of nitrogens with one attached hydrogen (secondary N) is 1. The fourth-order valence-corrected chi connectivity index (χ4v) is 2.31. The highest BCUT2D eigenvalue weighted by Gasteiger charge is 2.44. The molecule has 2 heteroatoms. The van der Waals surface area contributed by atoms with Crippen molar-refractivity contribution in [3.8, 4) is 0 Å². The quantitative estimate of drug-likeness (QED) is 0.613. The van der Waals surface area contributed by atoms with Crippen molar-refractivity contribution in [2.75, 3.05) is 13.2 Å². The van der Waals surface area contributed by atoms with Crippen LogP contribution < -0.4 is 5.32 Å². The van der Waals surface area contributed by atoms with Gasteiger partial charge in [0.05, 0.1) is 6.10 Å². The van der Waals surface area contributed by atoms with Gasteiger partial charge in [-0.05, 0) is 18.8 Å². The monoisotopic (exact) mass is 155 g/mol. The van der Waals surface area contributed by atoms with E-state index in [1.807, 2.05) is 0 Å². The molecular formula is C9H17NO. The first-order chi connectivity index (χ1) is 5.23. The van der Waals surface area contributed by atoms with Crippen molar-refractivity contribution in [3.05, 3.63) is 0 Å². The fourth-order valence-electron chi connectivity index (χ4n) is 2.31. The van der Waals surface area contributed by atoms with Crippen LogP contribution in [0.2, 0.25) is 0 Å². The number of fused-ring (bicyclic) bond motifs is 2. The molecule has 2 aliphatic heterocycles. The molecule has 0 aromatic carbocycles. The lowest BCUT2D eigenvalue weighted by Crippen LogP contribution is -2.46. The van der Waals surface area contributed by atoms with E-state index >= 15 is 0 Å². The van der Waals surface area contributed by atoms with E-state index in [1.54, 1.807) is 0 Å². The molecule has 0 spiro atoms. The van der Waals surface area contributed by atoms with E-state index in [9.17, 15) is 0 Å². The van der Waals surface area contributed by atoms with Crippen molar-refractivity contribution in [1.82, 2.24) is 5.32 Å². The first-order valence-corrected chi connectivity index (χ1v) is 4.59. The summed E-state index contributed by atoms with van der Waals surface area (Å²) < 4.78 is 5.58. The van der Waals surface area contributed by atoms with Gasteiger partial charge in [0, 0.05) is 18.7 Å². The van der Waals surface area contributed by atoms with Crippen LogP contribution in [0.4, 0.5) is 0 Å². The van der Waals surface area contributed by atoms with Crippen molar-refractivity contribution in [1.29, 1.82) is 0 Å². The average Bonchev–Trinajstić information content (AvgIpc) is 2.29. The molecular weight excluding hydrogens is 138 g/mol. The van der Waals surface area contributed by atoms with Crippen LogP contribution in [0, 0.1) is 5.92 Å². The van der Waals surface area contributed by atoms with Crippen LogP contribution in [-0.2, 0) is 4.74 Å². The van der Waals surface area contributed by atoms with E-state index in [-0.39, 0.29) is 0 Å². The molecule has 2 aliphatic rings. The molecule has 2 unspecified atom stereocenters. The fraction of sp³-hybridized carbons (Fsp3) is 1.00. The largest absolute Gasteiger partial charge is 0.377 e. The molecule has 64 valence electrons. The minimum Gasteiger partial charge on any atom is -0.377 e. The van der Waals surface area contributed by atoms with Gasteiger partial charge in [-0.15, -0.1) is 0 Å². The van der Waals surface area contributed by atoms with Gasteiger partial charge in [0.15, 0.2) is 0 Å². The summed E-state index contributed by atoms with van der Waals surface area (Å²) in [4.78, 5) is 0. The van der Waals surface area contributed by atoms with Crippen LogP contribution in [0.15, 0.2) is 0 Å². The third kappa shape index (κ3) is 1.09. The van der Waals surface area contributed by atoms with Crippen LogP contribution in [-0.4, -0.2) is 24.8 Å². The topological polar surface area (TPSA) is 21.3 Å². The van der Waals surface area contributed by atoms with Crippen molar-refractivity contribution >= 4 is 0 Å². The molecule has 2 nitrogen and oxygen atoms in total. The highest BCUT2D eigenvalue weighted by atomic mass is 16.5. The standard InChI is InChI=1S/C9H17NO/c1-7(2)9-3-4-11-8(5-9)6-10-9/h7-8,10H,3-6H2,1-2H3. The van der Waals surface area contributed by atoms with E-state index < -0.39 is 0 Å². The summed E-state index contributed by atoms with van der Waals surface area (Å²) >= 11 is 0. The Morgan fingerprint density at radius 2 is 2.36 bits per heavy atom. The number of hydrogen-bond acceptors (Lipinski definition) is 2. The van der Waals surface area contributed by atoms with Gasteiger partial charge in [-0.2, -0.15) is 0 Å². The Kier molecular flexibility index (Phi) is 1.69. The summed E-state index contributed by atoms with van der Waals surface area (Å²) in [5, 5.41) is 3.61. The molecule has 2 fully saturated rings. The van der Waals surface area contributed by atoms with Gasteiger partial charge in [0.25, 0.3) is 0 Å². The second-order valence-corrected chi connectivity index (χ2v) is 4.14. The number of rotatable bonds is 1. The molecule has 0 saturated carbocycles. The summed E-state index contributed by atoms with van der Waals surface area (Å²) in [6.07, 6.45) is 2.93. The Hall–Kier alpha value is -0.0800. The number of hydrogen-bond donors (Lipinski definition) is 1. The van der Waals surface area contributed by atoms with Crippen LogP contribution in [0.3, 0.4) is 0 Å². The minimum atomic E-state index is 0.420. The van der Waals surface area contributed by atoms with Crippen LogP contribution in [0.1, 0.15) is 26.7 Å². The SMILES string of the molecule is CC(C)C12CCOC(CN1)C2. The van der Waals surface area contributed by atoms with Crippen molar-refractivity contribution in [3.63, 3.8) is 0 Å². The lowest BCUT2D eigenvalue weighted by atomic mass is 9.81. The maximum atomic E-state index is 5.58. The van der Waals surface area contributed by atoms with Crippen LogP contribution in [0.25, 0.3) is 0 Å². The lowest BCUT2D eigenvalue weighted by Gasteiger charge is -2.36. The molecule has 0 amide bonds. The zero-order chi connectivity index (χ0) is 7.90. The first-order valence-electron chi connectivity index (χ1n) is 4.59. The zero-order valence-corrected chi connectivity index (χ0v) is 7.39. The third-order valence-electron chi connectivity index (χ3n) is 3.28. The highest BCUT2D eigenvalue weighted by Crippen LogP contribution is 2.35. The van der Waals surface area contributed by atoms with E-state index in [4.69, 9.17) is 4.74 Å². The van der Waals surface area contributed by atoms with Gasteiger partial charge in [-0.25, -0.2) is 0 Å². The van der Waals surface area contributed by atoms with Crippen LogP contribution in [0.5, 0.6) is 0 Å². The van der Waals surface area contributed by atoms with Gasteiger partial charge in [0.1, 0.15) is 0 Å². The summed E-state index contributed by atoms with van der Waals surface area (Å²) in [6.45, 7) is 6.63. The summed E-state index contributed by atoms with van der Waals surface area (Å²) in [7, 11) is 0. The van der Waals surface area contributed by atoms with E-state index in [1.165, 1.54) is 12.8 Å². The Bertz CT molecular complexity index is 154. The summed E-state index contributed by atoms with van der Waals surface area (Å²) in [6, 6.07) is 0. The third-order valence-corrected chi connectivity index (χ3v) is 3.28. The van der Waals surface area contributed by atoms with E-state index in [0.29, 0.717) is 11.6 Å². The zero-order valence-electron chi connectivity index (χ0n) is 7.39. The molecule has 11 heavy (non-hydrogen) atoms. The smallest absolute Gasteiger partial charge is 0.0717 e. The predicted octanol–water partition coefficient (Wildman–Crippen LogP) is 1.16. The molecule has 0 aromatic heterocycles. The van der Waals surface area contributed by atoms with Crippen molar-refractivity contribution in [2.45, 2.75) is 38.3 Å². The van der Waals surface area contributed by atoms with E-state index in [0.717, 1.165) is 19.1 Å². The van der Waals surface area contributed by atoms with E-state index in [2.05, 4.69) is 19.2 Å². The Morgan fingerprint density at radius 3 is 3.00 bits per heavy atom. The molecule has 1 N–H and O–H groups in total. The van der Waals surface area contributed by atoms with Gasteiger partial charge in [0.2, 0.25) is 0 Å². The molecule has 0 aliphatic carbocycles. The van der Waals surface area contributed by atoms with Crippen molar-refractivity contribution in [2.24, 2.45) is 5.92 Å². The molecule has 0 aromatic rings. The predicted molar refractivity (Wildman–Crippen MR) is 44.5 cm³/mol. The summed E-state index contributed by atoms with van der Waals surface area (Å²) in [5.74, 6) is 0.747. The van der Waals surface area contributed by atoms with Gasteiger partial charge < -0.3 is 10.1 Å². The maximum Gasteiger partial charge on any atom is 0.0717 e. The lowest BCUT2D eigenvalue weighted by molar-refractivity contribution is 0.0110. The Morgan fingerprint density at radius 1 is 1.55 bits per heavy atom. The first kappa shape index (κ1) is 7.56. The highest BCUT2D eigenvalue weighted by molar-refractivity contribution is 5.01. The molecule has 2 saturated heterocycles. The average molecular weight is 155 g/mol. The van der Waals surface area contributed by atoms with Gasteiger partial charge >= 0.3 is 0 Å². The molecule has 2 atom stereocenters. The molecule has 2 bridgehead atoms. The minimum absolute atomic E-state index is 0.420. The second-order valence-electron chi connectivity index (χ2n) is 4.14. The van der Waals surface area contributed by atoms with Crippen molar-refractivity contribution < 1.29 is 4.74 Å². The molecule has 2 heterocycles. The molecule has 2 rings (SSSR count). The maximum absolute atomic E-state index is 5.58. The van der Waals surface area contributed by atoms with Gasteiger partial charge in [-0.1, -0.05) is 13.8 Å². The van der Waals surface area contributed by atoms with Gasteiger partial charge in [-0.3, -0.25) is 0 Å². The Balaban J connectivity index is 2.13. The Labute approximate surface area is 68.3 Å². The summed E-state index contributed by atoms with van der Waals surface area (Å²) in [5.41, 5.74) is 0.420. The number of ether oxygens (including phenoxy) is 1. The molecule has 0 radical (unpaired) electrons. The second kappa shape index (κ2) is 2.46. The normalized spacial score (nSPS) is 43.4. The van der Waals surface area contributed by atoms with Crippen LogP contribution >= 0.6 is 0 Å².